The van der Waals surface area contributed by atoms with Crippen LogP contribution in [0.25, 0.3) is 0 Å². The van der Waals surface area contributed by atoms with E-state index in [2.05, 4.69) is 62.5 Å². The van der Waals surface area contributed by atoms with Gasteiger partial charge in [-0.3, -0.25) is 14.2 Å². The Balaban J connectivity index is 5.00. The maximum Gasteiger partial charge on any atom is 0.306 e. The number of unbranched alkanes of at least 4 members (excludes halogenated alkanes) is 41. The number of hydrogen-bond donors (Lipinski definition) is 1. The van der Waals surface area contributed by atoms with Gasteiger partial charge in [0, 0.05) is 12.8 Å². The fourth-order valence-electron chi connectivity index (χ4n) is 10.2. The van der Waals surface area contributed by atoms with Crippen LogP contribution in [0, 0.1) is 0 Å². The molecule has 0 heterocycles. The van der Waals surface area contributed by atoms with Crippen molar-refractivity contribution in [3.05, 3.63) is 48.6 Å². The number of nitrogens with zero attached hydrogens (tertiary/aromatic N) is 1. The average molecular weight is 1150 g/mol. The molecule has 0 aromatic carbocycles. The lowest BCUT2D eigenvalue weighted by atomic mass is 10.0. The van der Waals surface area contributed by atoms with Crippen molar-refractivity contribution in [3.8, 4) is 0 Å². The first kappa shape index (κ1) is 78.0. The lowest BCUT2D eigenvalue weighted by Crippen LogP contribution is -2.47. The molecule has 470 valence electrons. The van der Waals surface area contributed by atoms with Gasteiger partial charge in [-0.2, -0.15) is 0 Å². The third kappa shape index (κ3) is 60.6. The van der Waals surface area contributed by atoms with Crippen LogP contribution in [0.5, 0.6) is 0 Å². The summed E-state index contributed by atoms with van der Waals surface area (Å²) in [6.45, 7) is 6.77. The van der Waals surface area contributed by atoms with E-state index in [0.29, 0.717) is 17.4 Å². The van der Waals surface area contributed by atoms with Crippen molar-refractivity contribution in [1.29, 1.82) is 0 Å². The Bertz CT molecular complexity index is 1510. The van der Waals surface area contributed by atoms with Gasteiger partial charge >= 0.3 is 5.97 Å². The minimum Gasteiger partial charge on any atom is -0.756 e. The van der Waals surface area contributed by atoms with Crippen molar-refractivity contribution in [1.82, 2.24) is 5.32 Å². The number of ether oxygens (including phenoxy) is 1. The van der Waals surface area contributed by atoms with Gasteiger partial charge in [-0.15, -0.1) is 0 Å². The van der Waals surface area contributed by atoms with Gasteiger partial charge in [-0.05, 0) is 83.1 Å². The highest BCUT2D eigenvalue weighted by Crippen LogP contribution is 2.38. The van der Waals surface area contributed by atoms with E-state index in [1.807, 2.05) is 33.3 Å². The SMILES string of the molecule is CC/C=C/C/C=C/CCCCCCCCCC(=O)OC(/C=C\CCCCCCCCCCCCC)C(COP(=O)([O-])OCC[N+](C)(C)C)NC(=O)CCCCCCCCCCCCCCCCCCC/C=C/CCCCCCCC. The van der Waals surface area contributed by atoms with Crippen LogP contribution in [0.3, 0.4) is 0 Å². The molecular formula is C70H133N2O7P. The van der Waals surface area contributed by atoms with Gasteiger partial charge in [0.1, 0.15) is 19.3 Å². The second-order valence-corrected chi connectivity index (χ2v) is 26.1. The van der Waals surface area contributed by atoms with Crippen molar-refractivity contribution >= 4 is 19.7 Å². The molecule has 0 saturated heterocycles. The number of phosphoric ester groups is 1. The number of rotatable bonds is 63. The van der Waals surface area contributed by atoms with E-state index in [0.717, 1.165) is 83.5 Å². The van der Waals surface area contributed by atoms with Crippen molar-refractivity contribution < 1.29 is 37.3 Å². The largest absolute Gasteiger partial charge is 0.756 e. The van der Waals surface area contributed by atoms with E-state index in [1.54, 1.807) is 0 Å². The average Bonchev–Trinajstić information content (AvgIpc) is 3.42. The minimum absolute atomic E-state index is 0.0223. The van der Waals surface area contributed by atoms with Gasteiger partial charge in [-0.25, -0.2) is 0 Å². The molecule has 1 N–H and O–H groups in total. The van der Waals surface area contributed by atoms with E-state index < -0.39 is 20.0 Å². The Morgan fingerprint density at radius 1 is 0.450 bits per heavy atom. The summed E-state index contributed by atoms with van der Waals surface area (Å²) < 4.78 is 30.4. The molecule has 0 radical (unpaired) electrons. The van der Waals surface area contributed by atoms with Crippen LogP contribution >= 0.6 is 7.82 Å². The summed E-state index contributed by atoms with van der Waals surface area (Å²) in [5, 5.41) is 3.04. The van der Waals surface area contributed by atoms with Crippen LogP contribution in [-0.4, -0.2) is 69.4 Å². The molecular weight excluding hydrogens is 1010 g/mol. The van der Waals surface area contributed by atoms with Crippen LogP contribution in [-0.2, 0) is 27.9 Å². The van der Waals surface area contributed by atoms with E-state index >= 15 is 0 Å². The van der Waals surface area contributed by atoms with E-state index in [4.69, 9.17) is 13.8 Å². The Kier molecular flexibility index (Phi) is 58.6. The molecule has 0 aliphatic rings. The van der Waals surface area contributed by atoms with Crippen LogP contribution in [0.4, 0.5) is 0 Å². The quantitative estimate of drug-likeness (QED) is 0.0212. The topological polar surface area (TPSA) is 114 Å². The molecule has 0 spiro atoms. The highest BCUT2D eigenvalue weighted by Gasteiger charge is 2.27. The zero-order valence-corrected chi connectivity index (χ0v) is 54.7. The summed E-state index contributed by atoms with van der Waals surface area (Å²) in [4.78, 5) is 40.1. The Labute approximate surface area is 497 Å². The molecule has 3 unspecified atom stereocenters. The number of quaternary nitrogens is 1. The van der Waals surface area contributed by atoms with E-state index in [9.17, 15) is 19.0 Å². The molecule has 0 aliphatic heterocycles. The van der Waals surface area contributed by atoms with Crippen LogP contribution in [0.15, 0.2) is 48.6 Å². The predicted octanol–water partition coefficient (Wildman–Crippen LogP) is 21.0. The van der Waals surface area contributed by atoms with Gasteiger partial charge in [0.05, 0.1) is 33.8 Å². The summed E-state index contributed by atoms with van der Waals surface area (Å²) in [7, 11) is 1.19. The zero-order valence-electron chi connectivity index (χ0n) is 53.8. The predicted molar refractivity (Wildman–Crippen MR) is 344 cm³/mol. The first-order valence-electron chi connectivity index (χ1n) is 34.4. The van der Waals surface area contributed by atoms with E-state index in [1.165, 1.54) is 218 Å². The molecule has 0 saturated carbocycles. The number of carbonyl (C=O) groups is 2. The Morgan fingerprint density at radius 3 is 1.20 bits per heavy atom. The number of allylic oxidation sites excluding steroid dienone is 7. The highest BCUT2D eigenvalue weighted by molar-refractivity contribution is 7.45. The van der Waals surface area contributed by atoms with E-state index in [-0.39, 0.29) is 31.5 Å². The fourth-order valence-corrected chi connectivity index (χ4v) is 10.9. The molecule has 0 bridgehead atoms. The van der Waals surface area contributed by atoms with Crippen molar-refractivity contribution in [3.63, 3.8) is 0 Å². The lowest BCUT2D eigenvalue weighted by molar-refractivity contribution is -0.870. The number of hydrogen-bond acceptors (Lipinski definition) is 7. The number of carbonyl (C=O) groups excluding carboxylic acids is 2. The number of nitrogens with one attached hydrogen (secondary N) is 1. The first-order chi connectivity index (χ1) is 38.9. The normalized spacial score (nSPS) is 13.8. The molecule has 0 aromatic rings. The Morgan fingerprint density at radius 2 is 0.800 bits per heavy atom. The monoisotopic (exact) mass is 1140 g/mol. The fraction of sp³-hybridized carbons (Fsp3) is 0.857. The number of phosphoric acid groups is 1. The standard InChI is InChI=1S/C70H133N2O7P/c1-7-10-13-16-19-22-25-28-30-31-32-33-34-35-36-37-38-39-40-41-42-44-47-50-53-56-59-62-69(73)71-67(66-78-80(75,76)77-65-64-72(4,5)6)68(61-58-55-52-49-46-43-27-24-21-18-15-12-9-3)79-70(74)63-60-57-54-51-48-45-29-26-23-20-17-14-11-8-2/h11,14,20,23,28,30,58,61,67-68H,7-10,12-13,15-19,21-22,24-27,29,31-57,59-60,62-66H2,1-6H3,(H-,71,73,75,76)/b14-11+,23-20+,30-28+,61-58-. The van der Waals surface area contributed by atoms with Crippen LogP contribution in [0.2, 0.25) is 0 Å². The summed E-state index contributed by atoms with van der Waals surface area (Å²) in [5.41, 5.74) is 0. The maximum atomic E-state index is 13.6. The highest BCUT2D eigenvalue weighted by atomic mass is 31.2. The third-order valence-electron chi connectivity index (χ3n) is 15.5. The molecule has 0 aliphatic carbocycles. The van der Waals surface area contributed by atoms with Crippen LogP contribution < -0.4 is 10.2 Å². The smallest absolute Gasteiger partial charge is 0.306 e. The molecule has 0 rings (SSSR count). The second-order valence-electron chi connectivity index (χ2n) is 24.6. The van der Waals surface area contributed by atoms with Gasteiger partial charge in [-0.1, -0.05) is 288 Å². The maximum absolute atomic E-state index is 13.6. The summed E-state index contributed by atoms with van der Waals surface area (Å²) in [6.07, 6.45) is 75.3. The lowest BCUT2D eigenvalue weighted by Gasteiger charge is -2.30. The molecule has 3 atom stereocenters. The molecule has 9 nitrogen and oxygen atoms in total. The number of amides is 1. The van der Waals surface area contributed by atoms with Crippen LogP contribution in [0.1, 0.15) is 335 Å². The molecule has 0 fully saturated rings. The van der Waals surface area contributed by atoms with Gasteiger partial charge in [0.2, 0.25) is 5.91 Å². The Hall–Kier alpha value is -2.03. The first-order valence-corrected chi connectivity index (χ1v) is 35.9. The summed E-state index contributed by atoms with van der Waals surface area (Å²) in [5.74, 6) is -0.537. The second kappa shape index (κ2) is 60.1. The van der Waals surface area contributed by atoms with Crippen molar-refractivity contribution in [2.45, 2.75) is 348 Å². The van der Waals surface area contributed by atoms with Gasteiger partial charge < -0.3 is 28.5 Å². The molecule has 1 amide bonds. The molecule has 10 heteroatoms. The summed E-state index contributed by atoms with van der Waals surface area (Å²) >= 11 is 0. The van der Waals surface area contributed by atoms with Crippen molar-refractivity contribution in [2.75, 3.05) is 40.9 Å². The summed E-state index contributed by atoms with van der Waals surface area (Å²) in [6, 6.07) is -0.890. The number of likely N-dealkylation sites (N-methyl/N-ethyl adjacent to an activating group) is 1. The minimum atomic E-state index is -4.70. The number of esters is 1. The third-order valence-corrected chi connectivity index (χ3v) is 16.5. The molecule has 0 aromatic heterocycles. The van der Waals surface area contributed by atoms with Gasteiger partial charge in [0.15, 0.2) is 0 Å². The van der Waals surface area contributed by atoms with Crippen molar-refractivity contribution in [2.24, 2.45) is 0 Å². The zero-order chi connectivity index (χ0) is 58.6. The van der Waals surface area contributed by atoms with Gasteiger partial charge in [0.25, 0.3) is 7.82 Å². The molecule has 80 heavy (non-hydrogen) atoms.